The molecule has 1 aromatic heterocycles. The summed E-state index contributed by atoms with van der Waals surface area (Å²) in [6.07, 6.45) is 0. The van der Waals surface area contributed by atoms with E-state index in [4.69, 9.17) is 0 Å². The topological polar surface area (TPSA) is 71.8 Å². The smallest absolute Gasteiger partial charge is 0.270 e. The molecule has 0 bridgehead atoms. The number of nitro groups is 1. The summed E-state index contributed by atoms with van der Waals surface area (Å²) in [5.74, 6) is -0.671. The van der Waals surface area contributed by atoms with Gasteiger partial charge in [-0.1, -0.05) is 0 Å². The molecule has 0 aliphatic rings. The Morgan fingerprint density at radius 1 is 1.57 bits per heavy atom. The van der Waals surface area contributed by atoms with Crippen LogP contribution in [0.1, 0.15) is 0 Å². The minimum Gasteiger partial charge on any atom is -0.270 e. The van der Waals surface area contributed by atoms with Crippen LogP contribution in [-0.4, -0.2) is 15.1 Å². The molecule has 0 saturated carbocycles. The third-order valence-electron chi connectivity index (χ3n) is 1.76. The molecule has 14 heavy (non-hydrogen) atoms. The van der Waals surface area contributed by atoms with Crippen molar-refractivity contribution < 1.29 is 9.31 Å². The molecule has 0 amide bonds. The summed E-state index contributed by atoms with van der Waals surface area (Å²) in [6, 6.07) is 2.07. The lowest BCUT2D eigenvalue weighted by Gasteiger charge is -1.93. The number of non-ortho nitro benzene ring substituents is 1. The van der Waals surface area contributed by atoms with Crippen LogP contribution >= 0.6 is 15.9 Å². The van der Waals surface area contributed by atoms with Gasteiger partial charge in [0.2, 0.25) is 0 Å². The molecule has 0 fully saturated rings. The Bertz CT molecular complexity index is 525. The number of nitrogens with one attached hydrogen (secondary N) is 1. The highest BCUT2D eigenvalue weighted by Gasteiger charge is 2.15. The number of nitro benzene ring substituents is 1. The van der Waals surface area contributed by atoms with Crippen molar-refractivity contribution in [2.75, 3.05) is 0 Å². The molecule has 0 unspecified atom stereocenters. The molecule has 72 valence electrons. The molecule has 0 radical (unpaired) electrons. The second-order valence-corrected chi connectivity index (χ2v) is 3.41. The van der Waals surface area contributed by atoms with E-state index in [1.165, 1.54) is 6.07 Å². The normalized spacial score (nSPS) is 10.7. The SMILES string of the molecule is O=[N+]([O-])c1cc(F)c2c(Br)[nH]nc2c1. The van der Waals surface area contributed by atoms with Crippen LogP contribution in [0, 0.1) is 15.9 Å². The number of aromatic nitrogens is 2. The lowest BCUT2D eigenvalue weighted by atomic mass is 10.2. The second kappa shape index (κ2) is 3.02. The van der Waals surface area contributed by atoms with Crippen molar-refractivity contribution in [1.82, 2.24) is 10.2 Å². The van der Waals surface area contributed by atoms with E-state index in [1.54, 1.807) is 0 Å². The van der Waals surface area contributed by atoms with E-state index in [2.05, 4.69) is 26.1 Å². The summed E-state index contributed by atoms with van der Waals surface area (Å²) in [5.41, 5.74) is -0.0856. The van der Waals surface area contributed by atoms with Crippen molar-refractivity contribution in [1.29, 1.82) is 0 Å². The molecule has 0 atom stereocenters. The fourth-order valence-electron chi connectivity index (χ4n) is 1.15. The highest BCUT2D eigenvalue weighted by Crippen LogP contribution is 2.27. The lowest BCUT2D eigenvalue weighted by molar-refractivity contribution is -0.384. The first-order valence-electron chi connectivity index (χ1n) is 3.57. The quantitative estimate of drug-likeness (QED) is 0.631. The van der Waals surface area contributed by atoms with Crippen LogP contribution in [0.2, 0.25) is 0 Å². The fourth-order valence-corrected chi connectivity index (χ4v) is 1.64. The fraction of sp³-hybridized carbons (Fsp3) is 0. The summed E-state index contributed by atoms with van der Waals surface area (Å²) >= 11 is 3.05. The van der Waals surface area contributed by atoms with E-state index in [0.29, 0.717) is 4.60 Å². The number of halogens is 2. The van der Waals surface area contributed by atoms with Crippen molar-refractivity contribution in [3.8, 4) is 0 Å². The molecule has 2 aromatic rings. The summed E-state index contributed by atoms with van der Waals surface area (Å²) in [6.45, 7) is 0. The Hall–Kier alpha value is -1.50. The van der Waals surface area contributed by atoms with Crippen LogP contribution in [0.5, 0.6) is 0 Å². The van der Waals surface area contributed by atoms with Gasteiger partial charge in [-0.15, -0.1) is 0 Å². The Labute approximate surface area is 85.2 Å². The predicted molar refractivity (Wildman–Crippen MR) is 50.4 cm³/mol. The first kappa shape index (κ1) is 9.07. The number of benzene rings is 1. The maximum absolute atomic E-state index is 13.3. The van der Waals surface area contributed by atoms with Crippen molar-refractivity contribution in [3.05, 3.63) is 32.7 Å². The monoisotopic (exact) mass is 259 g/mol. The molecule has 0 saturated heterocycles. The highest BCUT2D eigenvalue weighted by atomic mass is 79.9. The molecule has 2 rings (SSSR count). The Morgan fingerprint density at radius 2 is 2.29 bits per heavy atom. The molecule has 0 aliphatic carbocycles. The van der Waals surface area contributed by atoms with Crippen molar-refractivity contribution in [2.45, 2.75) is 0 Å². The first-order chi connectivity index (χ1) is 6.59. The number of H-pyrrole nitrogens is 1. The predicted octanol–water partition coefficient (Wildman–Crippen LogP) is 2.37. The third kappa shape index (κ3) is 1.25. The molecule has 1 heterocycles. The molecular weight excluding hydrogens is 257 g/mol. The van der Waals surface area contributed by atoms with Gasteiger partial charge in [0, 0.05) is 6.07 Å². The molecule has 7 heteroatoms. The number of fused-ring (bicyclic) bond motifs is 1. The Morgan fingerprint density at radius 3 is 2.93 bits per heavy atom. The molecule has 1 aromatic carbocycles. The minimum atomic E-state index is -0.671. The van der Waals surface area contributed by atoms with Crippen LogP contribution in [0.4, 0.5) is 10.1 Å². The summed E-state index contributed by atoms with van der Waals surface area (Å²) in [5, 5.41) is 16.8. The van der Waals surface area contributed by atoms with E-state index in [-0.39, 0.29) is 16.6 Å². The zero-order valence-electron chi connectivity index (χ0n) is 6.62. The largest absolute Gasteiger partial charge is 0.274 e. The van der Waals surface area contributed by atoms with Gasteiger partial charge >= 0.3 is 0 Å². The molecule has 1 N–H and O–H groups in total. The summed E-state index contributed by atoms with van der Waals surface area (Å²) in [4.78, 5) is 9.73. The first-order valence-corrected chi connectivity index (χ1v) is 4.36. The van der Waals surface area contributed by atoms with Gasteiger partial charge in [-0.3, -0.25) is 15.2 Å². The van der Waals surface area contributed by atoms with Crippen molar-refractivity contribution >= 4 is 32.5 Å². The van der Waals surface area contributed by atoms with Gasteiger partial charge in [0.05, 0.1) is 16.4 Å². The molecular formula is C7H3BrFN3O2. The van der Waals surface area contributed by atoms with E-state index < -0.39 is 10.7 Å². The third-order valence-corrected chi connectivity index (χ3v) is 2.33. The number of hydrogen-bond donors (Lipinski definition) is 1. The molecule has 0 aliphatic heterocycles. The molecule has 0 spiro atoms. The van der Waals surface area contributed by atoms with E-state index in [0.717, 1.165) is 6.07 Å². The zero-order valence-corrected chi connectivity index (χ0v) is 8.21. The number of nitrogens with zero attached hydrogens (tertiary/aromatic N) is 2. The number of rotatable bonds is 1. The standard InChI is InChI=1S/C7H3BrFN3O2/c8-7-6-4(9)1-3(12(13)14)2-5(6)10-11-7/h1-2H,(H,10,11). The zero-order chi connectivity index (χ0) is 10.3. The van der Waals surface area contributed by atoms with Crippen LogP contribution in [0.15, 0.2) is 16.7 Å². The van der Waals surface area contributed by atoms with Gasteiger partial charge in [0.1, 0.15) is 15.9 Å². The minimum absolute atomic E-state index is 0.218. The van der Waals surface area contributed by atoms with Crippen LogP contribution in [-0.2, 0) is 0 Å². The van der Waals surface area contributed by atoms with Gasteiger partial charge < -0.3 is 0 Å². The second-order valence-electron chi connectivity index (χ2n) is 2.62. The number of hydrogen-bond acceptors (Lipinski definition) is 3. The van der Waals surface area contributed by atoms with Crippen LogP contribution in [0.25, 0.3) is 10.9 Å². The maximum Gasteiger partial charge on any atom is 0.274 e. The Balaban J connectivity index is 2.80. The van der Waals surface area contributed by atoms with Gasteiger partial charge in [0.25, 0.3) is 5.69 Å². The van der Waals surface area contributed by atoms with E-state index >= 15 is 0 Å². The van der Waals surface area contributed by atoms with Crippen molar-refractivity contribution in [3.63, 3.8) is 0 Å². The van der Waals surface area contributed by atoms with Crippen LogP contribution in [0.3, 0.4) is 0 Å². The van der Waals surface area contributed by atoms with Crippen LogP contribution < -0.4 is 0 Å². The van der Waals surface area contributed by atoms with Gasteiger partial charge in [-0.25, -0.2) is 4.39 Å². The summed E-state index contributed by atoms with van der Waals surface area (Å²) < 4.78 is 13.7. The maximum atomic E-state index is 13.3. The summed E-state index contributed by atoms with van der Waals surface area (Å²) in [7, 11) is 0. The average molecular weight is 260 g/mol. The van der Waals surface area contributed by atoms with Gasteiger partial charge in [-0.2, -0.15) is 5.10 Å². The van der Waals surface area contributed by atoms with Gasteiger partial charge in [-0.05, 0) is 15.9 Å². The lowest BCUT2D eigenvalue weighted by Crippen LogP contribution is -1.89. The van der Waals surface area contributed by atoms with Gasteiger partial charge in [0.15, 0.2) is 0 Å². The van der Waals surface area contributed by atoms with E-state index in [9.17, 15) is 14.5 Å². The van der Waals surface area contributed by atoms with E-state index in [1.807, 2.05) is 0 Å². The highest BCUT2D eigenvalue weighted by molar-refractivity contribution is 9.10. The molecule has 5 nitrogen and oxygen atoms in total. The van der Waals surface area contributed by atoms with Crippen molar-refractivity contribution in [2.24, 2.45) is 0 Å². The Kier molecular flexibility index (Phi) is 1.95. The number of aromatic amines is 1. The average Bonchev–Trinajstić information content (AvgIpc) is 2.48.